The smallest absolute Gasteiger partial charge is 0.330 e. The Balaban J connectivity index is 1.49. The monoisotopic (exact) mass is 430 g/mol. The molecular weight excluding hydrogens is 404 g/mol. The Hall–Kier alpha value is -2.65. The van der Waals surface area contributed by atoms with Crippen LogP contribution in [0.1, 0.15) is 18.4 Å². The Morgan fingerprint density at radius 1 is 1.20 bits per heavy atom. The van der Waals surface area contributed by atoms with Gasteiger partial charge in [0.2, 0.25) is 10.0 Å². The largest absolute Gasteiger partial charge is 0.496 e. The normalized spacial score (nSPS) is 16.2. The number of aromatic nitrogens is 3. The predicted molar refractivity (Wildman–Crippen MR) is 114 cm³/mol. The van der Waals surface area contributed by atoms with Gasteiger partial charge < -0.3 is 4.74 Å². The van der Waals surface area contributed by atoms with Gasteiger partial charge in [0.25, 0.3) is 0 Å². The molecule has 0 atom stereocenters. The maximum Gasteiger partial charge on any atom is 0.330 e. The minimum atomic E-state index is -3.55. The average Bonchev–Trinajstić information content (AvgIpc) is 2.99. The molecule has 3 aromatic rings. The predicted octanol–water partition coefficient (Wildman–Crippen LogP) is 2.15. The van der Waals surface area contributed by atoms with Crippen molar-refractivity contribution in [1.82, 2.24) is 18.4 Å². The number of hydrogen-bond donors (Lipinski definition) is 0. The molecule has 0 N–H and O–H groups in total. The molecule has 4 rings (SSSR count). The number of benzene rings is 1. The second-order valence-corrected chi connectivity index (χ2v) is 9.72. The lowest BCUT2D eigenvalue weighted by Gasteiger charge is -2.31. The minimum absolute atomic E-state index is 0.0903. The zero-order chi connectivity index (χ0) is 21.5. The van der Waals surface area contributed by atoms with Crippen molar-refractivity contribution in [3.8, 4) is 5.75 Å². The third-order valence-electron chi connectivity index (χ3n) is 5.92. The van der Waals surface area contributed by atoms with E-state index in [1.54, 1.807) is 47.7 Å². The van der Waals surface area contributed by atoms with E-state index in [0.29, 0.717) is 43.9 Å². The molecule has 0 radical (unpaired) electrons. The van der Waals surface area contributed by atoms with Crippen LogP contribution in [0.4, 0.5) is 0 Å². The number of hydrogen-bond acceptors (Lipinski definition) is 5. The molecule has 1 aromatic carbocycles. The van der Waals surface area contributed by atoms with Crippen LogP contribution in [0.25, 0.3) is 11.2 Å². The highest BCUT2D eigenvalue weighted by Gasteiger charge is 2.30. The van der Waals surface area contributed by atoms with E-state index in [-0.39, 0.29) is 16.5 Å². The van der Waals surface area contributed by atoms with Gasteiger partial charge in [-0.25, -0.2) is 18.2 Å². The highest BCUT2D eigenvalue weighted by atomic mass is 32.2. The van der Waals surface area contributed by atoms with Gasteiger partial charge in [0.05, 0.1) is 17.5 Å². The highest BCUT2D eigenvalue weighted by Crippen LogP contribution is 2.28. The lowest BCUT2D eigenvalue weighted by molar-refractivity contribution is 0.252. The van der Waals surface area contributed by atoms with Gasteiger partial charge in [0.15, 0.2) is 5.65 Å². The van der Waals surface area contributed by atoms with Crippen LogP contribution in [-0.4, -0.2) is 47.0 Å². The highest BCUT2D eigenvalue weighted by molar-refractivity contribution is 7.89. The number of aryl methyl sites for hydroxylation is 2. The summed E-state index contributed by atoms with van der Waals surface area (Å²) in [5.74, 6) is 0.890. The first-order valence-electron chi connectivity index (χ1n) is 9.98. The number of fused-ring (bicyclic) bond motifs is 1. The van der Waals surface area contributed by atoms with E-state index >= 15 is 0 Å². The second-order valence-electron chi connectivity index (χ2n) is 7.78. The molecule has 0 bridgehead atoms. The lowest BCUT2D eigenvalue weighted by atomic mass is 9.98. The zero-order valence-corrected chi connectivity index (χ0v) is 18.2. The maximum absolute atomic E-state index is 13.1. The fourth-order valence-electron chi connectivity index (χ4n) is 4.15. The molecule has 0 unspecified atom stereocenters. The first-order chi connectivity index (χ1) is 14.3. The van der Waals surface area contributed by atoms with Crippen molar-refractivity contribution in [1.29, 1.82) is 0 Å². The van der Waals surface area contributed by atoms with Crippen LogP contribution in [0.5, 0.6) is 5.75 Å². The second kappa shape index (κ2) is 7.88. The third-order valence-corrected chi connectivity index (χ3v) is 7.81. The lowest BCUT2D eigenvalue weighted by Crippen LogP contribution is -2.40. The summed E-state index contributed by atoms with van der Waals surface area (Å²) in [6, 6.07) is 8.63. The van der Waals surface area contributed by atoms with Crippen LogP contribution in [0.3, 0.4) is 0 Å². The third kappa shape index (κ3) is 3.52. The van der Waals surface area contributed by atoms with E-state index in [9.17, 15) is 13.2 Å². The summed E-state index contributed by atoms with van der Waals surface area (Å²) in [6.07, 6.45) is 3.08. The van der Waals surface area contributed by atoms with E-state index in [1.807, 2.05) is 19.1 Å². The Morgan fingerprint density at radius 2 is 1.93 bits per heavy atom. The van der Waals surface area contributed by atoms with Gasteiger partial charge in [-0.2, -0.15) is 4.31 Å². The van der Waals surface area contributed by atoms with Crippen molar-refractivity contribution >= 4 is 21.2 Å². The number of piperidine rings is 1. The van der Waals surface area contributed by atoms with E-state index < -0.39 is 10.0 Å². The molecule has 0 spiro atoms. The Morgan fingerprint density at radius 3 is 2.60 bits per heavy atom. The maximum atomic E-state index is 13.1. The molecule has 0 amide bonds. The molecule has 1 aliphatic rings. The Bertz CT molecular complexity index is 1240. The van der Waals surface area contributed by atoms with Crippen LogP contribution < -0.4 is 10.4 Å². The number of imidazole rings is 1. The van der Waals surface area contributed by atoms with Crippen molar-refractivity contribution in [2.75, 3.05) is 20.2 Å². The summed E-state index contributed by atoms with van der Waals surface area (Å²) in [5.41, 5.74) is 2.18. The average molecular weight is 431 g/mol. The topological polar surface area (TPSA) is 86.4 Å². The summed E-state index contributed by atoms with van der Waals surface area (Å²) >= 11 is 0. The fourth-order valence-corrected chi connectivity index (χ4v) is 5.70. The molecule has 30 heavy (non-hydrogen) atoms. The summed E-state index contributed by atoms with van der Waals surface area (Å²) in [4.78, 5) is 17.3. The molecule has 1 fully saturated rings. The van der Waals surface area contributed by atoms with Gasteiger partial charge in [-0.05, 0) is 61.6 Å². The first-order valence-corrected chi connectivity index (χ1v) is 11.4. The van der Waals surface area contributed by atoms with Crippen molar-refractivity contribution in [3.05, 3.63) is 52.6 Å². The Kier molecular flexibility index (Phi) is 5.42. The number of nitrogens with zero attached hydrogens (tertiary/aromatic N) is 4. The minimum Gasteiger partial charge on any atom is -0.496 e. The van der Waals surface area contributed by atoms with Crippen molar-refractivity contribution in [2.24, 2.45) is 13.0 Å². The fraction of sp³-hybridized carbons (Fsp3) is 0.429. The van der Waals surface area contributed by atoms with Crippen molar-refractivity contribution in [3.63, 3.8) is 0 Å². The SMILES string of the molecule is COc1ccc(S(=O)(=O)N2CCC(Cn3c(=O)n(C)c4cccnc43)CC2)cc1C. The molecule has 0 aliphatic carbocycles. The van der Waals surface area contributed by atoms with E-state index in [1.165, 1.54) is 4.31 Å². The van der Waals surface area contributed by atoms with Crippen molar-refractivity contribution < 1.29 is 13.2 Å². The van der Waals surface area contributed by atoms with E-state index in [2.05, 4.69) is 4.98 Å². The molecular formula is C21H26N4O4S. The number of ether oxygens (including phenoxy) is 1. The van der Waals surface area contributed by atoms with Crippen molar-refractivity contribution in [2.45, 2.75) is 31.2 Å². The van der Waals surface area contributed by atoms with Crippen LogP contribution >= 0.6 is 0 Å². The van der Waals surface area contributed by atoms with Gasteiger partial charge in [0.1, 0.15) is 5.75 Å². The quantitative estimate of drug-likeness (QED) is 0.619. The molecule has 1 saturated heterocycles. The number of pyridine rings is 1. The molecule has 3 heterocycles. The summed E-state index contributed by atoms with van der Waals surface area (Å²) < 4.78 is 36.2. The number of methoxy groups -OCH3 is 1. The zero-order valence-electron chi connectivity index (χ0n) is 17.4. The first kappa shape index (κ1) is 20.6. The summed E-state index contributed by atoms with van der Waals surface area (Å²) in [5, 5.41) is 0. The Labute approximate surface area is 175 Å². The molecule has 160 valence electrons. The van der Waals surface area contributed by atoms with Crippen LogP contribution in [-0.2, 0) is 23.6 Å². The van der Waals surface area contributed by atoms with Gasteiger partial charge >= 0.3 is 5.69 Å². The van der Waals surface area contributed by atoms with Gasteiger partial charge in [0, 0.05) is 32.9 Å². The number of sulfonamides is 1. The molecule has 2 aromatic heterocycles. The van der Waals surface area contributed by atoms with Gasteiger partial charge in [-0.3, -0.25) is 9.13 Å². The van der Waals surface area contributed by atoms with Crippen LogP contribution in [0.15, 0.2) is 46.2 Å². The van der Waals surface area contributed by atoms with Gasteiger partial charge in [-0.15, -0.1) is 0 Å². The van der Waals surface area contributed by atoms with E-state index in [0.717, 1.165) is 11.1 Å². The van der Waals surface area contributed by atoms with Crippen LogP contribution in [0, 0.1) is 12.8 Å². The summed E-state index contributed by atoms with van der Waals surface area (Å²) in [6.45, 7) is 3.25. The molecule has 9 heteroatoms. The standard InChI is InChI=1S/C21H26N4O4S/c1-15-13-17(6-7-19(15)29-3)30(27,28)24-11-8-16(9-12-24)14-25-20-18(5-4-10-22-20)23(2)21(25)26/h4-7,10,13,16H,8-9,11-12,14H2,1-3H3. The number of rotatable bonds is 5. The summed E-state index contributed by atoms with van der Waals surface area (Å²) in [7, 11) is -0.239. The van der Waals surface area contributed by atoms with E-state index in [4.69, 9.17) is 4.74 Å². The van der Waals surface area contributed by atoms with Gasteiger partial charge in [-0.1, -0.05) is 0 Å². The molecule has 8 nitrogen and oxygen atoms in total. The van der Waals surface area contributed by atoms with Crippen LogP contribution in [0.2, 0.25) is 0 Å². The molecule has 1 aliphatic heterocycles. The molecule has 0 saturated carbocycles.